The summed E-state index contributed by atoms with van der Waals surface area (Å²) in [6, 6.07) is 4.78. The van der Waals surface area contributed by atoms with Crippen LogP contribution in [0.15, 0.2) is 30.6 Å². The van der Waals surface area contributed by atoms with Crippen molar-refractivity contribution in [1.29, 1.82) is 0 Å². The van der Waals surface area contributed by atoms with Crippen molar-refractivity contribution < 1.29 is 4.79 Å². The van der Waals surface area contributed by atoms with Crippen LogP contribution in [0.25, 0.3) is 0 Å². The van der Waals surface area contributed by atoms with Gasteiger partial charge in [-0.25, -0.2) is 9.97 Å². The first kappa shape index (κ1) is 12.6. The van der Waals surface area contributed by atoms with Crippen molar-refractivity contribution in [3.8, 4) is 0 Å². The maximum Gasteiger partial charge on any atom is 0.275 e. The molecular weight excluding hydrogens is 275 g/mol. The molecule has 0 bridgehead atoms. The number of nitrogens with one attached hydrogen (secondary N) is 1. The van der Waals surface area contributed by atoms with Crippen LogP contribution in [-0.2, 0) is 0 Å². The zero-order chi connectivity index (χ0) is 13.1. The summed E-state index contributed by atoms with van der Waals surface area (Å²) in [6.07, 6.45) is 2.60. The minimum absolute atomic E-state index is 0.162. The number of amides is 1. The monoisotopic (exact) mass is 282 g/mol. The fraction of sp³-hybridized carbons (Fsp3) is 0. The Morgan fingerprint density at radius 2 is 1.94 bits per heavy atom. The lowest BCUT2D eigenvalue weighted by atomic mass is 10.3. The van der Waals surface area contributed by atoms with Crippen molar-refractivity contribution in [3.63, 3.8) is 0 Å². The third-order valence-electron chi connectivity index (χ3n) is 2.08. The molecule has 0 aliphatic heterocycles. The molecule has 2 aromatic rings. The highest BCUT2D eigenvalue weighted by Gasteiger charge is 2.09. The van der Waals surface area contributed by atoms with Gasteiger partial charge in [0.2, 0.25) is 0 Å². The van der Waals surface area contributed by atoms with Gasteiger partial charge in [-0.15, -0.1) is 0 Å². The number of hydrogen-bond acceptors (Lipinski definition) is 4. The molecule has 0 spiro atoms. The normalized spacial score (nSPS) is 10.1. The summed E-state index contributed by atoms with van der Waals surface area (Å²) in [6.45, 7) is 0. The van der Waals surface area contributed by atoms with Crippen LogP contribution in [0.4, 0.5) is 11.5 Å². The predicted octanol–water partition coefficient (Wildman–Crippen LogP) is 2.62. The van der Waals surface area contributed by atoms with Crippen LogP contribution in [0.3, 0.4) is 0 Å². The molecule has 2 rings (SSSR count). The van der Waals surface area contributed by atoms with E-state index in [-0.39, 0.29) is 11.5 Å². The first-order valence-corrected chi connectivity index (χ1v) is 5.66. The fourth-order valence-corrected chi connectivity index (χ4v) is 1.52. The van der Waals surface area contributed by atoms with E-state index in [9.17, 15) is 4.79 Å². The molecule has 0 atom stereocenters. The molecule has 0 aliphatic rings. The van der Waals surface area contributed by atoms with Crippen molar-refractivity contribution in [2.75, 3.05) is 11.1 Å². The largest absolute Gasteiger partial charge is 0.382 e. The number of benzene rings is 1. The lowest BCUT2D eigenvalue weighted by molar-refractivity contribution is 0.102. The zero-order valence-corrected chi connectivity index (χ0v) is 10.5. The Balaban J connectivity index is 2.16. The van der Waals surface area contributed by atoms with E-state index in [1.807, 2.05) is 0 Å². The highest BCUT2D eigenvalue weighted by molar-refractivity contribution is 6.42. The van der Waals surface area contributed by atoms with Crippen LogP contribution < -0.4 is 11.1 Å². The van der Waals surface area contributed by atoms with E-state index in [1.165, 1.54) is 12.4 Å². The Bertz CT molecular complexity index is 586. The van der Waals surface area contributed by atoms with Gasteiger partial charge < -0.3 is 11.1 Å². The summed E-state index contributed by atoms with van der Waals surface area (Å²) in [5.41, 5.74) is 6.06. The molecule has 18 heavy (non-hydrogen) atoms. The van der Waals surface area contributed by atoms with Crippen LogP contribution in [0.5, 0.6) is 0 Å². The Morgan fingerprint density at radius 1 is 1.17 bits per heavy atom. The highest BCUT2D eigenvalue weighted by Crippen LogP contribution is 2.25. The lowest BCUT2D eigenvalue weighted by Gasteiger charge is -2.05. The van der Waals surface area contributed by atoms with Crippen molar-refractivity contribution in [3.05, 3.63) is 46.3 Å². The third-order valence-corrected chi connectivity index (χ3v) is 2.82. The number of carbonyl (C=O) groups is 1. The molecule has 5 nitrogen and oxygen atoms in total. The van der Waals surface area contributed by atoms with Crippen molar-refractivity contribution >= 4 is 40.6 Å². The number of aromatic nitrogens is 2. The maximum absolute atomic E-state index is 11.8. The Labute approximate surface area is 113 Å². The first-order valence-electron chi connectivity index (χ1n) is 4.90. The lowest BCUT2D eigenvalue weighted by Crippen LogP contribution is -2.14. The number of anilines is 2. The SMILES string of the molecule is Nc1cnc(C(=O)Nc2ccc(Cl)c(Cl)c2)cn1. The summed E-state index contributed by atoms with van der Waals surface area (Å²) >= 11 is 11.6. The second kappa shape index (κ2) is 5.20. The average Bonchev–Trinajstić information content (AvgIpc) is 2.34. The van der Waals surface area contributed by atoms with Gasteiger partial charge >= 0.3 is 0 Å². The number of nitrogens with two attached hydrogens (primary N) is 1. The van der Waals surface area contributed by atoms with Gasteiger partial charge in [-0.2, -0.15) is 0 Å². The molecule has 1 amide bonds. The molecule has 1 heterocycles. The van der Waals surface area contributed by atoms with Gasteiger partial charge in [0.15, 0.2) is 0 Å². The summed E-state index contributed by atoms with van der Waals surface area (Å²) in [4.78, 5) is 19.4. The topological polar surface area (TPSA) is 80.9 Å². The van der Waals surface area contributed by atoms with Gasteiger partial charge in [-0.3, -0.25) is 4.79 Å². The smallest absolute Gasteiger partial charge is 0.275 e. The van der Waals surface area contributed by atoms with Crippen molar-refractivity contribution in [2.45, 2.75) is 0 Å². The summed E-state index contributed by atoms with van der Waals surface area (Å²) in [5, 5.41) is 3.40. The van der Waals surface area contributed by atoms with E-state index >= 15 is 0 Å². The highest BCUT2D eigenvalue weighted by atomic mass is 35.5. The number of nitrogen functional groups attached to an aromatic ring is 1. The predicted molar refractivity (Wildman–Crippen MR) is 70.9 cm³/mol. The molecule has 92 valence electrons. The van der Waals surface area contributed by atoms with E-state index in [0.717, 1.165) is 0 Å². The Morgan fingerprint density at radius 3 is 2.56 bits per heavy atom. The first-order chi connectivity index (χ1) is 8.56. The molecule has 3 N–H and O–H groups in total. The average molecular weight is 283 g/mol. The van der Waals surface area contributed by atoms with Crippen LogP contribution in [-0.4, -0.2) is 15.9 Å². The number of rotatable bonds is 2. The van der Waals surface area contributed by atoms with E-state index in [0.29, 0.717) is 15.7 Å². The van der Waals surface area contributed by atoms with Gasteiger partial charge in [0.1, 0.15) is 11.5 Å². The van der Waals surface area contributed by atoms with E-state index in [4.69, 9.17) is 28.9 Å². The van der Waals surface area contributed by atoms with E-state index in [2.05, 4.69) is 15.3 Å². The van der Waals surface area contributed by atoms with Gasteiger partial charge in [0, 0.05) is 5.69 Å². The third kappa shape index (κ3) is 2.88. The zero-order valence-electron chi connectivity index (χ0n) is 9.02. The number of hydrogen-bond donors (Lipinski definition) is 2. The minimum Gasteiger partial charge on any atom is -0.382 e. The molecule has 0 fully saturated rings. The van der Waals surface area contributed by atoms with Crippen LogP contribution in [0.2, 0.25) is 10.0 Å². The van der Waals surface area contributed by atoms with E-state index < -0.39 is 5.91 Å². The molecule has 0 radical (unpaired) electrons. The Kier molecular flexibility index (Phi) is 3.64. The molecule has 0 saturated carbocycles. The van der Waals surface area contributed by atoms with E-state index in [1.54, 1.807) is 18.2 Å². The maximum atomic E-state index is 11.8. The number of carbonyl (C=O) groups excluding carboxylic acids is 1. The van der Waals surface area contributed by atoms with Gasteiger partial charge in [0.25, 0.3) is 5.91 Å². The molecule has 1 aromatic carbocycles. The molecule has 0 saturated heterocycles. The molecule has 0 unspecified atom stereocenters. The van der Waals surface area contributed by atoms with Gasteiger partial charge in [-0.05, 0) is 18.2 Å². The molecule has 0 aliphatic carbocycles. The van der Waals surface area contributed by atoms with Crippen LogP contribution in [0.1, 0.15) is 10.5 Å². The summed E-state index contributed by atoms with van der Waals surface area (Å²) in [7, 11) is 0. The van der Waals surface area contributed by atoms with Crippen molar-refractivity contribution in [2.24, 2.45) is 0 Å². The molecule has 1 aromatic heterocycles. The molecular formula is C11H8Cl2N4O. The standard InChI is InChI=1S/C11H8Cl2N4O/c12-7-2-1-6(3-8(7)13)17-11(18)9-4-16-10(14)5-15-9/h1-5H,(H2,14,16)(H,17,18). The molecule has 7 heteroatoms. The second-order valence-electron chi connectivity index (χ2n) is 3.41. The second-order valence-corrected chi connectivity index (χ2v) is 4.22. The minimum atomic E-state index is -0.402. The summed E-state index contributed by atoms with van der Waals surface area (Å²) < 4.78 is 0. The number of nitrogens with zero attached hydrogens (tertiary/aromatic N) is 2. The van der Waals surface area contributed by atoms with Gasteiger partial charge in [0.05, 0.1) is 22.4 Å². The van der Waals surface area contributed by atoms with Crippen molar-refractivity contribution in [1.82, 2.24) is 9.97 Å². The fourth-order valence-electron chi connectivity index (χ4n) is 1.22. The van der Waals surface area contributed by atoms with Gasteiger partial charge in [-0.1, -0.05) is 23.2 Å². The quantitative estimate of drug-likeness (QED) is 0.887. The Hall–Kier alpha value is -1.85. The van der Waals surface area contributed by atoms with Crippen LogP contribution in [0, 0.1) is 0 Å². The summed E-state index contributed by atoms with van der Waals surface area (Å²) in [5.74, 6) is -0.151. The van der Waals surface area contributed by atoms with Crippen LogP contribution >= 0.6 is 23.2 Å². The number of halogens is 2.